The summed E-state index contributed by atoms with van der Waals surface area (Å²) in [6, 6.07) is 9.47. The van der Waals surface area contributed by atoms with Crippen LogP contribution in [-0.2, 0) is 19.0 Å². The van der Waals surface area contributed by atoms with Crippen molar-refractivity contribution in [2.24, 2.45) is 0 Å². The zero-order valence-electron chi connectivity index (χ0n) is 21.6. The summed E-state index contributed by atoms with van der Waals surface area (Å²) >= 11 is 0. The number of aliphatic hydroxyl groups is 1. The van der Waals surface area contributed by atoms with Gasteiger partial charge in [0.15, 0.2) is 6.10 Å². The molecule has 0 aliphatic heterocycles. The monoisotopic (exact) mass is 533 g/mol. The fraction of sp³-hybridized carbons (Fsp3) is 0.357. The lowest BCUT2D eigenvalue weighted by atomic mass is 10.00. The van der Waals surface area contributed by atoms with Gasteiger partial charge in [-0.2, -0.15) is 0 Å². The Hall–Kier alpha value is -3.76. The number of carbonyl (C=O) groups is 2. The number of nitrogens with one attached hydrogen (secondary N) is 1. The Morgan fingerprint density at radius 1 is 1.13 bits per heavy atom. The molecular weight excluding hydrogens is 500 g/mol. The number of rotatable bonds is 14. The number of aliphatic hydroxyl groups excluding tert-OH is 1. The molecule has 2 N–H and O–H groups in total. The van der Waals surface area contributed by atoms with Gasteiger partial charge in [-0.1, -0.05) is 24.3 Å². The Balaban J connectivity index is 2.17. The predicted molar refractivity (Wildman–Crippen MR) is 138 cm³/mol. The largest absolute Gasteiger partial charge is 0.491 e. The molecule has 0 spiro atoms. The van der Waals surface area contributed by atoms with E-state index in [1.54, 1.807) is 44.2 Å². The molecule has 8 nitrogen and oxygen atoms in total. The first kappa shape index (κ1) is 30.5. The summed E-state index contributed by atoms with van der Waals surface area (Å²) in [4.78, 5) is 24.2. The summed E-state index contributed by atoms with van der Waals surface area (Å²) in [6.45, 7) is 3.78. The van der Waals surface area contributed by atoms with Crippen molar-refractivity contribution < 1.29 is 42.4 Å². The molecule has 1 amide bonds. The van der Waals surface area contributed by atoms with Gasteiger partial charge in [0.1, 0.15) is 24.0 Å². The molecule has 0 aliphatic rings. The van der Waals surface area contributed by atoms with Gasteiger partial charge in [-0.15, -0.1) is 0 Å². The van der Waals surface area contributed by atoms with Crippen LogP contribution in [-0.4, -0.2) is 50.2 Å². The maximum Gasteiger partial charge on any atom is 0.412 e. The molecule has 2 atom stereocenters. The van der Waals surface area contributed by atoms with Crippen LogP contribution in [0.4, 0.5) is 19.3 Å². The topological polar surface area (TPSA) is 103 Å². The summed E-state index contributed by atoms with van der Waals surface area (Å²) in [5.74, 6) is -1.63. The summed E-state index contributed by atoms with van der Waals surface area (Å²) in [5.41, 5.74) is 1.07. The van der Waals surface area contributed by atoms with Crippen LogP contribution in [0.3, 0.4) is 0 Å². The molecule has 0 fully saturated rings. The molecule has 2 aromatic carbocycles. The normalized spacial score (nSPS) is 13.2. The number of carbonyl (C=O) groups excluding carboxylic acids is 2. The predicted octanol–water partition coefficient (Wildman–Crippen LogP) is 5.49. The molecule has 0 saturated heterocycles. The number of anilines is 1. The average Bonchev–Trinajstić information content (AvgIpc) is 2.88. The van der Waals surface area contributed by atoms with Crippen molar-refractivity contribution >= 4 is 17.7 Å². The standard InChI is InChI=1S/C28H33F2NO7/c1-4-36-26(33)17-19(2)7-5-6-8-25(35-3)27(20-9-12-22(13-10-20)37-16-15-32)38-28(34)31-24-14-11-21(29)18-23(24)30/h5,7,9-14,17-18,25,27,32H,4,6,8,15-16H2,1-3H3,(H,31,34)/b7-5+,19-17+/t25-,27-/m0/s1. The first-order valence-corrected chi connectivity index (χ1v) is 12.1. The van der Waals surface area contributed by atoms with E-state index in [2.05, 4.69) is 5.32 Å². The van der Waals surface area contributed by atoms with Gasteiger partial charge >= 0.3 is 12.1 Å². The third-order valence-corrected chi connectivity index (χ3v) is 5.24. The quantitative estimate of drug-likeness (QED) is 0.188. The molecule has 206 valence electrons. The lowest BCUT2D eigenvalue weighted by molar-refractivity contribution is -0.137. The zero-order chi connectivity index (χ0) is 27.9. The van der Waals surface area contributed by atoms with E-state index < -0.39 is 35.9 Å². The van der Waals surface area contributed by atoms with E-state index in [1.807, 2.05) is 6.08 Å². The smallest absolute Gasteiger partial charge is 0.412 e. The number of esters is 1. The average molecular weight is 534 g/mol. The Morgan fingerprint density at radius 3 is 2.50 bits per heavy atom. The molecule has 0 aliphatic carbocycles. The maximum atomic E-state index is 14.0. The molecule has 10 heteroatoms. The highest BCUT2D eigenvalue weighted by Gasteiger charge is 2.27. The number of hydrogen-bond acceptors (Lipinski definition) is 7. The number of amides is 1. The van der Waals surface area contributed by atoms with E-state index in [9.17, 15) is 18.4 Å². The second-order valence-corrected chi connectivity index (χ2v) is 8.11. The van der Waals surface area contributed by atoms with Gasteiger partial charge < -0.3 is 24.1 Å². The first-order valence-electron chi connectivity index (χ1n) is 12.1. The minimum atomic E-state index is -0.952. The van der Waals surface area contributed by atoms with Crippen LogP contribution in [0.15, 0.2) is 66.3 Å². The summed E-state index contributed by atoms with van der Waals surface area (Å²) < 4.78 is 48.8. The molecule has 2 aromatic rings. The molecular formula is C28H33F2NO7. The van der Waals surface area contributed by atoms with Crippen LogP contribution >= 0.6 is 0 Å². The minimum Gasteiger partial charge on any atom is -0.491 e. The number of allylic oxidation sites excluding steroid dienone is 3. The molecule has 38 heavy (non-hydrogen) atoms. The van der Waals surface area contributed by atoms with Crippen LogP contribution in [0, 0.1) is 11.6 Å². The lowest BCUT2D eigenvalue weighted by Crippen LogP contribution is -2.28. The van der Waals surface area contributed by atoms with Gasteiger partial charge in [0.2, 0.25) is 0 Å². The fourth-order valence-electron chi connectivity index (χ4n) is 3.46. The molecule has 0 saturated carbocycles. The number of methoxy groups -OCH3 is 1. The second-order valence-electron chi connectivity index (χ2n) is 8.11. The SMILES string of the molecule is CCOC(=O)/C=C(C)/C=C/CC[C@H](OC)[C@@H](OC(=O)Nc1ccc(F)cc1F)c1ccc(OCCO)cc1. The number of ether oxygens (including phenoxy) is 4. The Labute approximate surface area is 220 Å². The van der Waals surface area contributed by atoms with Crippen molar-refractivity contribution in [3.63, 3.8) is 0 Å². The fourth-order valence-corrected chi connectivity index (χ4v) is 3.46. The first-order chi connectivity index (χ1) is 18.3. The third-order valence-electron chi connectivity index (χ3n) is 5.24. The lowest BCUT2D eigenvalue weighted by Gasteiger charge is -2.26. The van der Waals surface area contributed by atoms with E-state index in [4.69, 9.17) is 24.1 Å². The maximum absolute atomic E-state index is 14.0. The van der Waals surface area contributed by atoms with Crippen LogP contribution in [0.25, 0.3) is 0 Å². The molecule has 0 heterocycles. The van der Waals surface area contributed by atoms with E-state index in [-0.39, 0.29) is 18.9 Å². The van der Waals surface area contributed by atoms with Crippen LogP contribution in [0.1, 0.15) is 38.4 Å². The second kappa shape index (κ2) is 16.2. The highest BCUT2D eigenvalue weighted by atomic mass is 19.1. The van der Waals surface area contributed by atoms with Crippen LogP contribution in [0.2, 0.25) is 0 Å². The van der Waals surface area contributed by atoms with Gasteiger partial charge in [0, 0.05) is 19.3 Å². The van der Waals surface area contributed by atoms with E-state index in [0.717, 1.165) is 12.1 Å². The van der Waals surface area contributed by atoms with Gasteiger partial charge in [0.05, 0.1) is 25.0 Å². The van der Waals surface area contributed by atoms with Crippen molar-refractivity contribution in [1.82, 2.24) is 0 Å². The van der Waals surface area contributed by atoms with Gasteiger partial charge in [-0.3, -0.25) is 5.32 Å². The van der Waals surface area contributed by atoms with Gasteiger partial charge in [0.25, 0.3) is 0 Å². The minimum absolute atomic E-state index is 0.127. The summed E-state index contributed by atoms with van der Waals surface area (Å²) in [5, 5.41) is 11.2. The van der Waals surface area contributed by atoms with Crippen molar-refractivity contribution in [2.45, 2.75) is 38.9 Å². The third kappa shape index (κ3) is 10.3. The molecule has 0 bridgehead atoms. The molecule has 0 unspecified atom stereocenters. The van der Waals surface area contributed by atoms with E-state index >= 15 is 0 Å². The summed E-state index contributed by atoms with van der Waals surface area (Å²) in [7, 11) is 1.48. The van der Waals surface area contributed by atoms with Crippen molar-refractivity contribution in [2.75, 3.05) is 32.2 Å². The zero-order valence-corrected chi connectivity index (χ0v) is 21.6. The molecule has 2 rings (SSSR count). The number of benzene rings is 2. The van der Waals surface area contributed by atoms with Crippen molar-refractivity contribution in [1.29, 1.82) is 0 Å². The van der Waals surface area contributed by atoms with Gasteiger partial charge in [-0.05, 0) is 62.1 Å². The van der Waals surface area contributed by atoms with Crippen molar-refractivity contribution in [3.8, 4) is 5.75 Å². The highest BCUT2D eigenvalue weighted by molar-refractivity contribution is 5.85. The van der Waals surface area contributed by atoms with Crippen LogP contribution < -0.4 is 10.1 Å². The molecule has 0 aromatic heterocycles. The molecule has 0 radical (unpaired) electrons. The number of hydrogen-bond donors (Lipinski definition) is 2. The Kier molecular flexibility index (Phi) is 13.0. The van der Waals surface area contributed by atoms with E-state index in [0.29, 0.717) is 42.4 Å². The Bertz CT molecular complexity index is 1100. The van der Waals surface area contributed by atoms with Crippen LogP contribution in [0.5, 0.6) is 5.75 Å². The van der Waals surface area contributed by atoms with E-state index in [1.165, 1.54) is 13.2 Å². The van der Waals surface area contributed by atoms with Gasteiger partial charge in [-0.25, -0.2) is 18.4 Å². The number of halogens is 2. The van der Waals surface area contributed by atoms with Crippen molar-refractivity contribution in [3.05, 3.63) is 83.5 Å². The summed E-state index contributed by atoms with van der Waals surface area (Å²) in [6.07, 6.45) is 3.54. The highest BCUT2D eigenvalue weighted by Crippen LogP contribution is 2.29. The Morgan fingerprint density at radius 2 is 1.87 bits per heavy atom.